The first-order valence-corrected chi connectivity index (χ1v) is 10.4. The van der Waals surface area contributed by atoms with Crippen molar-refractivity contribution in [2.75, 3.05) is 7.05 Å². The Morgan fingerprint density at radius 2 is 1.84 bits per heavy atom. The van der Waals surface area contributed by atoms with Gasteiger partial charge in [0.05, 0.1) is 27.3 Å². The molecule has 1 atom stereocenters. The molecule has 3 rings (SSSR count). The number of nitrogens with zero attached hydrogens (tertiary/aromatic N) is 2. The van der Waals surface area contributed by atoms with Gasteiger partial charge in [-0.25, -0.2) is 13.8 Å². The van der Waals surface area contributed by atoms with Gasteiger partial charge in [-0.15, -0.1) is 0 Å². The lowest BCUT2D eigenvalue weighted by Gasteiger charge is -2.44. The number of hydrogen-bond donors (Lipinski definition) is 1. The summed E-state index contributed by atoms with van der Waals surface area (Å²) in [4.78, 5) is 17.8. The molecule has 1 N–H and O–H groups in total. The molecular formula is C21H19Cl2F5N2O2. The number of carbonyl (C=O) groups excluding carboxylic acids is 1. The SMILES string of the molecule is CN(C(=O)c1nccc(C(F)(F)F)c1Cl)C(c1cccc(F)c1Cl)[C@]1(O)CC[C@H](F)CC1. The van der Waals surface area contributed by atoms with E-state index in [0.29, 0.717) is 6.07 Å². The minimum Gasteiger partial charge on any atom is -0.387 e. The third-order valence-electron chi connectivity index (χ3n) is 5.67. The zero-order valence-electron chi connectivity index (χ0n) is 16.8. The summed E-state index contributed by atoms with van der Waals surface area (Å²) in [6.07, 6.45) is -5.35. The molecule has 1 fully saturated rings. The van der Waals surface area contributed by atoms with Crippen LogP contribution in [0.4, 0.5) is 22.0 Å². The van der Waals surface area contributed by atoms with Crippen LogP contribution in [0.25, 0.3) is 0 Å². The molecule has 1 amide bonds. The van der Waals surface area contributed by atoms with Gasteiger partial charge in [-0.1, -0.05) is 35.3 Å². The van der Waals surface area contributed by atoms with Gasteiger partial charge >= 0.3 is 6.18 Å². The van der Waals surface area contributed by atoms with Crippen molar-refractivity contribution in [3.8, 4) is 0 Å². The van der Waals surface area contributed by atoms with Gasteiger partial charge in [0.15, 0.2) is 0 Å². The summed E-state index contributed by atoms with van der Waals surface area (Å²) in [5.41, 5.74) is -3.61. The number of pyridine rings is 1. The maximum atomic E-state index is 14.2. The van der Waals surface area contributed by atoms with Crippen molar-refractivity contribution in [2.45, 2.75) is 49.7 Å². The Hall–Kier alpha value is -1.97. The Kier molecular flexibility index (Phi) is 7.02. The molecular weight excluding hydrogens is 478 g/mol. The first kappa shape index (κ1) is 24.7. The molecule has 0 spiro atoms. The molecule has 1 unspecified atom stereocenters. The fourth-order valence-electron chi connectivity index (χ4n) is 4.04. The van der Waals surface area contributed by atoms with E-state index in [2.05, 4.69) is 4.98 Å². The molecule has 0 bridgehead atoms. The van der Waals surface area contributed by atoms with Crippen molar-refractivity contribution >= 4 is 29.1 Å². The van der Waals surface area contributed by atoms with Crippen LogP contribution in [0.2, 0.25) is 10.0 Å². The third-order valence-corrected chi connectivity index (χ3v) is 6.45. The van der Waals surface area contributed by atoms with Gasteiger partial charge in [-0.05, 0) is 43.4 Å². The highest BCUT2D eigenvalue weighted by Crippen LogP contribution is 2.45. The summed E-state index contributed by atoms with van der Waals surface area (Å²) in [5.74, 6) is -1.85. The molecule has 1 heterocycles. The van der Waals surface area contributed by atoms with Gasteiger partial charge in [0.2, 0.25) is 0 Å². The Balaban J connectivity index is 2.10. The topological polar surface area (TPSA) is 53.4 Å². The third kappa shape index (κ3) is 4.70. The summed E-state index contributed by atoms with van der Waals surface area (Å²) in [6.45, 7) is 0. The van der Waals surface area contributed by atoms with E-state index in [-0.39, 0.29) is 36.3 Å². The van der Waals surface area contributed by atoms with Crippen molar-refractivity contribution in [3.05, 3.63) is 63.1 Å². The van der Waals surface area contributed by atoms with E-state index in [1.807, 2.05) is 0 Å². The molecule has 4 nitrogen and oxygen atoms in total. The summed E-state index contributed by atoms with van der Waals surface area (Å²) in [6, 6.07) is 3.13. The molecule has 1 saturated carbocycles. The minimum atomic E-state index is -4.82. The van der Waals surface area contributed by atoms with Gasteiger partial charge in [-0.2, -0.15) is 13.2 Å². The predicted molar refractivity (Wildman–Crippen MR) is 109 cm³/mol. The molecule has 11 heteroatoms. The number of aliphatic hydroxyl groups is 1. The van der Waals surface area contributed by atoms with Crippen LogP contribution in [-0.2, 0) is 6.18 Å². The van der Waals surface area contributed by atoms with Gasteiger partial charge < -0.3 is 10.0 Å². The van der Waals surface area contributed by atoms with Crippen LogP contribution in [0.1, 0.15) is 53.3 Å². The van der Waals surface area contributed by atoms with Gasteiger partial charge in [-0.3, -0.25) is 4.79 Å². The van der Waals surface area contributed by atoms with Gasteiger partial charge in [0.1, 0.15) is 17.7 Å². The normalized spacial score (nSPS) is 22.5. The second-order valence-electron chi connectivity index (χ2n) is 7.76. The zero-order chi connectivity index (χ0) is 23.8. The highest BCUT2D eigenvalue weighted by molar-refractivity contribution is 6.34. The minimum absolute atomic E-state index is 0.00939. The first-order valence-electron chi connectivity index (χ1n) is 9.66. The molecule has 2 aromatic rings. The zero-order valence-corrected chi connectivity index (χ0v) is 18.3. The fraction of sp³-hybridized carbons (Fsp3) is 0.429. The molecule has 32 heavy (non-hydrogen) atoms. The maximum absolute atomic E-state index is 14.2. The Bertz CT molecular complexity index is 1010. The highest BCUT2D eigenvalue weighted by atomic mass is 35.5. The number of alkyl halides is 4. The lowest BCUT2D eigenvalue weighted by molar-refractivity contribution is -0.137. The van der Waals surface area contributed by atoms with Crippen molar-refractivity contribution in [2.24, 2.45) is 0 Å². The van der Waals surface area contributed by atoms with E-state index in [0.717, 1.165) is 17.2 Å². The summed E-state index contributed by atoms with van der Waals surface area (Å²) >= 11 is 12.0. The average molecular weight is 497 g/mol. The summed E-state index contributed by atoms with van der Waals surface area (Å²) in [5, 5.41) is 10.1. The molecule has 0 aliphatic heterocycles. The van der Waals surface area contributed by atoms with Crippen LogP contribution in [0.5, 0.6) is 0 Å². The van der Waals surface area contributed by atoms with E-state index in [4.69, 9.17) is 23.2 Å². The number of rotatable bonds is 4. The number of benzene rings is 1. The Morgan fingerprint density at radius 1 is 1.22 bits per heavy atom. The number of halogens is 7. The van der Waals surface area contributed by atoms with E-state index in [1.54, 1.807) is 0 Å². The van der Waals surface area contributed by atoms with Crippen LogP contribution in [0.15, 0.2) is 30.5 Å². The van der Waals surface area contributed by atoms with E-state index in [1.165, 1.54) is 19.2 Å². The summed E-state index contributed by atoms with van der Waals surface area (Å²) < 4.78 is 67.6. The Labute approximate surface area is 191 Å². The van der Waals surface area contributed by atoms with Crippen molar-refractivity contribution in [1.82, 2.24) is 9.88 Å². The van der Waals surface area contributed by atoms with Crippen molar-refractivity contribution < 1.29 is 31.9 Å². The molecule has 1 aliphatic rings. The van der Waals surface area contributed by atoms with Crippen LogP contribution in [-0.4, -0.2) is 39.7 Å². The quantitative estimate of drug-likeness (QED) is 0.528. The molecule has 1 aromatic heterocycles. The number of hydrogen-bond acceptors (Lipinski definition) is 3. The molecule has 174 valence electrons. The largest absolute Gasteiger partial charge is 0.417 e. The summed E-state index contributed by atoms with van der Waals surface area (Å²) in [7, 11) is 1.21. The van der Waals surface area contributed by atoms with Crippen molar-refractivity contribution in [1.29, 1.82) is 0 Å². The smallest absolute Gasteiger partial charge is 0.387 e. The number of likely N-dealkylation sites (N-methyl/N-ethyl adjacent to an activating group) is 1. The molecule has 1 aromatic carbocycles. The number of amides is 1. The fourth-order valence-corrected chi connectivity index (χ4v) is 4.57. The Morgan fingerprint density at radius 3 is 2.44 bits per heavy atom. The monoisotopic (exact) mass is 496 g/mol. The van der Waals surface area contributed by atoms with Crippen LogP contribution in [0.3, 0.4) is 0 Å². The van der Waals surface area contributed by atoms with E-state index in [9.17, 15) is 31.9 Å². The number of carbonyl (C=O) groups is 1. The second kappa shape index (κ2) is 9.11. The first-order chi connectivity index (χ1) is 14.9. The maximum Gasteiger partial charge on any atom is 0.417 e. The van der Waals surface area contributed by atoms with Gasteiger partial charge in [0.25, 0.3) is 5.91 Å². The molecule has 0 saturated heterocycles. The van der Waals surface area contributed by atoms with Crippen LogP contribution in [0, 0.1) is 5.82 Å². The van der Waals surface area contributed by atoms with E-state index >= 15 is 0 Å². The van der Waals surface area contributed by atoms with Gasteiger partial charge in [0, 0.05) is 13.2 Å². The van der Waals surface area contributed by atoms with Crippen LogP contribution < -0.4 is 0 Å². The average Bonchev–Trinajstić information content (AvgIpc) is 2.72. The van der Waals surface area contributed by atoms with Crippen LogP contribution >= 0.6 is 23.2 Å². The second-order valence-corrected chi connectivity index (χ2v) is 8.51. The molecule has 0 radical (unpaired) electrons. The predicted octanol–water partition coefficient (Wildman–Crippen LogP) is 6.00. The molecule has 1 aliphatic carbocycles. The number of aromatic nitrogens is 1. The van der Waals surface area contributed by atoms with Crippen molar-refractivity contribution in [3.63, 3.8) is 0 Å². The highest BCUT2D eigenvalue weighted by Gasteiger charge is 2.46. The lowest BCUT2D eigenvalue weighted by Crippen LogP contribution is -2.49. The van der Waals surface area contributed by atoms with E-state index < -0.39 is 52.0 Å². The lowest BCUT2D eigenvalue weighted by atomic mass is 9.75. The standard InChI is InChI=1S/C21H19Cl2F5N2O2/c1-30(19(31)17-16(23)13(7-10-29-17)21(26,27)28)18(12-3-2-4-14(25)15(12)22)20(32)8-5-11(24)6-9-20/h2-4,7,10-11,18,32H,5-6,8-9H2,1H3/t11-,18?,20-.